The van der Waals surface area contributed by atoms with Gasteiger partial charge in [0.15, 0.2) is 0 Å². The Bertz CT molecular complexity index is 1550. The van der Waals surface area contributed by atoms with Gasteiger partial charge in [-0.1, -0.05) is 40.5 Å². The van der Waals surface area contributed by atoms with Crippen LogP contribution >= 0.6 is 23.2 Å². The van der Waals surface area contributed by atoms with Gasteiger partial charge in [-0.2, -0.15) is 18.2 Å². The lowest BCUT2D eigenvalue weighted by Crippen LogP contribution is -2.19. The molecule has 5 aromatic rings. The van der Waals surface area contributed by atoms with Gasteiger partial charge in [0.05, 0.1) is 5.56 Å². The summed E-state index contributed by atoms with van der Waals surface area (Å²) >= 11 is 12.0. The molecule has 11 heteroatoms. The molecule has 6 nitrogen and oxygen atoms in total. The maximum Gasteiger partial charge on any atom is 0.432 e. The minimum Gasteiger partial charge on any atom is -0.333 e. The van der Waals surface area contributed by atoms with Gasteiger partial charge in [0.25, 0.3) is 5.89 Å². The molecule has 0 spiro atoms. The van der Waals surface area contributed by atoms with E-state index in [0.29, 0.717) is 16.1 Å². The molecule has 5 rings (SSSR count). The summed E-state index contributed by atoms with van der Waals surface area (Å²) in [6.45, 7) is -0.161. The third-order valence-corrected chi connectivity index (χ3v) is 5.82. The van der Waals surface area contributed by atoms with Gasteiger partial charge >= 0.3 is 6.18 Å². The second-order valence-electron chi connectivity index (χ2n) is 7.58. The molecular formula is C24H13Cl2F3N4O2. The van der Waals surface area contributed by atoms with E-state index in [2.05, 4.69) is 15.1 Å². The zero-order valence-corrected chi connectivity index (χ0v) is 19.1. The minimum atomic E-state index is -4.87. The molecule has 0 amide bonds. The second kappa shape index (κ2) is 8.83. The smallest absolute Gasteiger partial charge is 0.333 e. The van der Waals surface area contributed by atoms with E-state index >= 15 is 0 Å². The molecule has 0 saturated carbocycles. The third kappa shape index (κ3) is 4.40. The quantitative estimate of drug-likeness (QED) is 0.243. The highest BCUT2D eigenvalue weighted by molar-refractivity contribution is 6.32. The van der Waals surface area contributed by atoms with E-state index in [0.717, 1.165) is 4.57 Å². The predicted molar refractivity (Wildman–Crippen MR) is 123 cm³/mol. The van der Waals surface area contributed by atoms with Crippen LogP contribution in [0.3, 0.4) is 0 Å². The van der Waals surface area contributed by atoms with Gasteiger partial charge in [-0.15, -0.1) is 0 Å². The zero-order valence-electron chi connectivity index (χ0n) is 17.6. The van der Waals surface area contributed by atoms with E-state index in [-0.39, 0.29) is 28.4 Å². The normalized spacial score (nSPS) is 11.8. The fourth-order valence-corrected chi connectivity index (χ4v) is 4.13. The Morgan fingerprint density at radius 3 is 2.34 bits per heavy atom. The van der Waals surface area contributed by atoms with Gasteiger partial charge in [-0.25, -0.2) is 0 Å². The minimum absolute atomic E-state index is 0.0211. The van der Waals surface area contributed by atoms with E-state index in [9.17, 15) is 18.0 Å². The molecule has 0 aliphatic rings. The molecule has 0 saturated heterocycles. The van der Waals surface area contributed by atoms with Crippen LogP contribution in [0.1, 0.15) is 27.4 Å². The van der Waals surface area contributed by atoms with Crippen molar-refractivity contribution >= 4 is 39.9 Å². The predicted octanol–water partition coefficient (Wildman–Crippen LogP) is 6.69. The lowest BCUT2D eigenvalue weighted by Gasteiger charge is -2.14. The molecular weight excluding hydrogens is 504 g/mol. The van der Waals surface area contributed by atoms with Crippen molar-refractivity contribution in [1.82, 2.24) is 19.7 Å². The first-order chi connectivity index (χ1) is 16.7. The molecule has 35 heavy (non-hydrogen) atoms. The number of carbonyl (C=O) groups excluding carboxylic acids is 1. The maximum absolute atomic E-state index is 14.5. The Kier molecular flexibility index (Phi) is 5.82. The summed E-state index contributed by atoms with van der Waals surface area (Å²) in [6, 6.07) is 13.8. The number of ketones is 1. The summed E-state index contributed by atoms with van der Waals surface area (Å²) in [5, 5.41) is 4.30. The number of benzene rings is 2. The van der Waals surface area contributed by atoms with E-state index in [1.165, 1.54) is 30.6 Å². The van der Waals surface area contributed by atoms with Gasteiger partial charge in [-0.05, 0) is 48.0 Å². The SMILES string of the molecule is O=C(c1noc(-c2ccncc2)n1)c1c(C(F)(F)F)n(Cc2ccc(Cl)cc2)c2ccc(Cl)cc12. The molecule has 3 heterocycles. The van der Waals surface area contributed by atoms with Crippen molar-refractivity contribution in [2.24, 2.45) is 0 Å². The van der Waals surface area contributed by atoms with Gasteiger partial charge < -0.3 is 9.09 Å². The van der Waals surface area contributed by atoms with E-state index in [4.69, 9.17) is 27.7 Å². The fraction of sp³-hybridized carbons (Fsp3) is 0.0833. The van der Waals surface area contributed by atoms with Gasteiger partial charge in [0, 0.05) is 45.5 Å². The summed E-state index contributed by atoms with van der Waals surface area (Å²) < 4.78 is 49.6. The van der Waals surface area contributed by atoms with E-state index < -0.39 is 29.0 Å². The topological polar surface area (TPSA) is 73.8 Å². The standard InChI is InChI=1S/C24H13Cl2F3N4O2/c25-15-3-1-13(2-4-15)12-33-18-6-5-16(26)11-17(18)19(21(33)24(27,28)29)20(34)22-31-23(35-32-22)14-7-9-30-10-8-14/h1-11H,12H2. The van der Waals surface area contributed by atoms with Gasteiger partial charge in [0.1, 0.15) is 5.69 Å². The van der Waals surface area contributed by atoms with Crippen LogP contribution in [0.4, 0.5) is 13.2 Å². The molecule has 176 valence electrons. The number of nitrogens with zero attached hydrogens (tertiary/aromatic N) is 4. The first-order valence-corrected chi connectivity index (χ1v) is 10.9. The van der Waals surface area contributed by atoms with Gasteiger partial charge in [0.2, 0.25) is 11.6 Å². The number of hydrogen-bond acceptors (Lipinski definition) is 5. The molecule has 0 N–H and O–H groups in total. The highest BCUT2D eigenvalue weighted by Gasteiger charge is 2.42. The van der Waals surface area contributed by atoms with Crippen LogP contribution in [-0.2, 0) is 12.7 Å². The van der Waals surface area contributed by atoms with Gasteiger partial charge in [-0.3, -0.25) is 9.78 Å². The lowest BCUT2D eigenvalue weighted by atomic mass is 10.1. The summed E-state index contributed by atoms with van der Waals surface area (Å²) in [6.07, 6.45) is -1.91. The average molecular weight is 517 g/mol. The number of carbonyl (C=O) groups is 1. The summed E-state index contributed by atoms with van der Waals surface area (Å²) in [4.78, 5) is 21.3. The van der Waals surface area contributed by atoms with Crippen molar-refractivity contribution in [2.75, 3.05) is 0 Å². The van der Waals surface area contributed by atoms with Crippen molar-refractivity contribution < 1.29 is 22.5 Å². The largest absolute Gasteiger partial charge is 0.432 e. The lowest BCUT2D eigenvalue weighted by molar-refractivity contribution is -0.143. The van der Waals surface area contributed by atoms with E-state index in [1.54, 1.807) is 36.4 Å². The molecule has 0 fully saturated rings. The molecule has 0 aliphatic heterocycles. The third-order valence-electron chi connectivity index (χ3n) is 5.33. The second-order valence-corrected chi connectivity index (χ2v) is 8.46. The monoisotopic (exact) mass is 516 g/mol. The average Bonchev–Trinajstić information content (AvgIpc) is 3.44. The van der Waals surface area contributed by atoms with Crippen LogP contribution in [0.2, 0.25) is 10.0 Å². The van der Waals surface area contributed by atoms with Crippen LogP contribution in [-0.4, -0.2) is 25.5 Å². The van der Waals surface area contributed by atoms with Crippen molar-refractivity contribution in [1.29, 1.82) is 0 Å². The van der Waals surface area contributed by atoms with Crippen LogP contribution in [0.5, 0.6) is 0 Å². The van der Waals surface area contributed by atoms with Crippen LogP contribution < -0.4 is 0 Å². The number of alkyl halides is 3. The van der Waals surface area contributed by atoms with E-state index in [1.807, 2.05) is 0 Å². The number of halogens is 5. The van der Waals surface area contributed by atoms with Crippen molar-refractivity contribution in [3.8, 4) is 11.5 Å². The number of fused-ring (bicyclic) bond motifs is 1. The highest BCUT2D eigenvalue weighted by atomic mass is 35.5. The highest BCUT2D eigenvalue weighted by Crippen LogP contribution is 2.40. The van der Waals surface area contributed by atoms with Crippen LogP contribution in [0.15, 0.2) is 71.5 Å². The number of aromatic nitrogens is 4. The number of hydrogen-bond donors (Lipinski definition) is 0. The summed E-state index contributed by atoms with van der Waals surface area (Å²) in [7, 11) is 0. The Morgan fingerprint density at radius 2 is 1.66 bits per heavy atom. The molecule has 2 aromatic carbocycles. The van der Waals surface area contributed by atoms with Crippen molar-refractivity contribution in [3.63, 3.8) is 0 Å². The maximum atomic E-state index is 14.5. The number of pyridine rings is 1. The fourth-order valence-electron chi connectivity index (χ4n) is 3.83. The molecule has 0 bridgehead atoms. The zero-order chi connectivity index (χ0) is 24.7. The molecule has 3 aromatic heterocycles. The molecule has 0 atom stereocenters. The Morgan fingerprint density at radius 1 is 0.971 bits per heavy atom. The molecule has 0 aliphatic carbocycles. The Balaban J connectivity index is 1.70. The summed E-state index contributed by atoms with van der Waals surface area (Å²) in [5.74, 6) is -1.57. The van der Waals surface area contributed by atoms with Crippen molar-refractivity contribution in [3.05, 3.63) is 99.7 Å². The molecule has 0 radical (unpaired) electrons. The first-order valence-electron chi connectivity index (χ1n) is 10.1. The number of rotatable bonds is 5. The first kappa shape index (κ1) is 23.1. The van der Waals surface area contributed by atoms with Crippen LogP contribution in [0, 0.1) is 0 Å². The van der Waals surface area contributed by atoms with Crippen LogP contribution in [0.25, 0.3) is 22.4 Å². The Hall–Kier alpha value is -3.69. The Labute approximate surface area is 205 Å². The van der Waals surface area contributed by atoms with Crippen molar-refractivity contribution in [2.45, 2.75) is 12.7 Å². The molecule has 0 unspecified atom stereocenters. The summed E-state index contributed by atoms with van der Waals surface area (Å²) in [5.41, 5.74) is -0.532.